The lowest BCUT2D eigenvalue weighted by molar-refractivity contribution is 0.126. The smallest absolute Gasteiger partial charge is 0.0575 e. The second-order valence-corrected chi connectivity index (χ2v) is 3.72. The van der Waals surface area contributed by atoms with Gasteiger partial charge in [0.25, 0.3) is 0 Å². The van der Waals surface area contributed by atoms with E-state index < -0.39 is 0 Å². The lowest BCUT2D eigenvalue weighted by Gasteiger charge is -2.23. The molecule has 0 aromatic heterocycles. The molecule has 80 valence electrons. The maximum atomic E-state index is 5.50. The van der Waals surface area contributed by atoms with E-state index >= 15 is 0 Å². The molecule has 1 fully saturated rings. The highest BCUT2D eigenvalue weighted by Crippen LogP contribution is 2.09. The fraction of sp³-hybridized carbons (Fsp3) is 0.833. The minimum absolute atomic E-state index is 0.695. The summed E-state index contributed by atoms with van der Waals surface area (Å²) in [6.45, 7) is 4.72. The van der Waals surface area contributed by atoms with Gasteiger partial charge in [-0.1, -0.05) is 6.42 Å². The highest BCUT2D eigenvalue weighted by Gasteiger charge is 2.11. The summed E-state index contributed by atoms with van der Waals surface area (Å²) in [6, 6.07) is 0.695. The zero-order valence-corrected chi connectivity index (χ0v) is 9.14. The molecule has 1 rings (SSSR count). The molecule has 0 aromatic carbocycles. The topological polar surface area (TPSA) is 21.3 Å². The van der Waals surface area contributed by atoms with Crippen LogP contribution in [-0.4, -0.2) is 25.8 Å². The van der Waals surface area contributed by atoms with Gasteiger partial charge in [0.2, 0.25) is 0 Å². The van der Waals surface area contributed by atoms with Crippen molar-refractivity contribution in [3.8, 4) is 11.8 Å². The Morgan fingerprint density at radius 2 is 2.29 bits per heavy atom. The third kappa shape index (κ3) is 5.26. The van der Waals surface area contributed by atoms with Gasteiger partial charge in [-0.25, -0.2) is 0 Å². The zero-order chi connectivity index (χ0) is 10.1. The van der Waals surface area contributed by atoms with Crippen LogP contribution in [0.1, 0.15) is 39.0 Å². The quantitative estimate of drug-likeness (QED) is 0.535. The molecule has 2 nitrogen and oxygen atoms in total. The van der Waals surface area contributed by atoms with Gasteiger partial charge >= 0.3 is 0 Å². The first-order valence-electron chi connectivity index (χ1n) is 5.64. The highest BCUT2D eigenvalue weighted by atomic mass is 16.5. The van der Waals surface area contributed by atoms with Crippen molar-refractivity contribution in [2.24, 2.45) is 0 Å². The van der Waals surface area contributed by atoms with Crippen LogP contribution in [0.2, 0.25) is 0 Å². The Morgan fingerprint density at radius 3 is 3.00 bits per heavy atom. The first-order valence-corrected chi connectivity index (χ1v) is 5.64. The van der Waals surface area contributed by atoms with Crippen molar-refractivity contribution in [2.75, 3.05) is 19.8 Å². The van der Waals surface area contributed by atoms with Crippen molar-refractivity contribution in [3.05, 3.63) is 0 Å². The maximum absolute atomic E-state index is 5.50. The van der Waals surface area contributed by atoms with Crippen molar-refractivity contribution in [1.29, 1.82) is 0 Å². The lowest BCUT2D eigenvalue weighted by atomic mass is 10.0. The largest absolute Gasteiger partial charge is 0.380 e. The molecule has 0 bridgehead atoms. The van der Waals surface area contributed by atoms with Crippen LogP contribution >= 0.6 is 0 Å². The fourth-order valence-electron chi connectivity index (χ4n) is 1.75. The number of piperidine rings is 1. The van der Waals surface area contributed by atoms with Gasteiger partial charge < -0.3 is 10.1 Å². The first-order chi connectivity index (χ1) is 6.93. The Balaban J connectivity index is 1.89. The van der Waals surface area contributed by atoms with Gasteiger partial charge in [-0.3, -0.25) is 0 Å². The number of nitrogens with one attached hydrogen (secondary N) is 1. The summed E-state index contributed by atoms with van der Waals surface area (Å²) in [6.07, 6.45) is 6.05. The summed E-state index contributed by atoms with van der Waals surface area (Å²) in [5, 5.41) is 3.51. The summed E-state index contributed by atoms with van der Waals surface area (Å²) < 4.78 is 5.50. The number of ether oxygens (including phenoxy) is 1. The molecule has 14 heavy (non-hydrogen) atoms. The molecule has 1 aliphatic heterocycles. The van der Waals surface area contributed by atoms with Crippen LogP contribution in [0, 0.1) is 11.8 Å². The Morgan fingerprint density at radius 1 is 1.36 bits per heavy atom. The fourth-order valence-corrected chi connectivity index (χ4v) is 1.75. The van der Waals surface area contributed by atoms with E-state index in [0.29, 0.717) is 6.04 Å². The average molecular weight is 195 g/mol. The van der Waals surface area contributed by atoms with E-state index in [-0.39, 0.29) is 0 Å². The molecule has 1 atom stereocenters. The normalized spacial score (nSPS) is 21.4. The molecule has 1 heterocycles. The number of hydrogen-bond acceptors (Lipinski definition) is 2. The van der Waals surface area contributed by atoms with E-state index in [1.807, 2.05) is 6.92 Å². The van der Waals surface area contributed by atoms with E-state index in [9.17, 15) is 0 Å². The van der Waals surface area contributed by atoms with E-state index in [4.69, 9.17) is 4.74 Å². The van der Waals surface area contributed by atoms with Crippen LogP contribution in [-0.2, 0) is 4.74 Å². The van der Waals surface area contributed by atoms with Crippen molar-refractivity contribution in [2.45, 2.75) is 45.1 Å². The Kier molecular flexibility index (Phi) is 6.47. The van der Waals surface area contributed by atoms with Crippen molar-refractivity contribution in [3.63, 3.8) is 0 Å². The summed E-state index contributed by atoms with van der Waals surface area (Å²) in [7, 11) is 0. The molecule has 1 aliphatic rings. The molecule has 1 saturated heterocycles. The van der Waals surface area contributed by atoms with E-state index in [0.717, 1.165) is 26.1 Å². The molecule has 0 aromatic rings. The number of hydrogen-bond donors (Lipinski definition) is 1. The molecular formula is C12H21NO. The molecule has 0 spiro atoms. The summed E-state index contributed by atoms with van der Waals surface area (Å²) in [5.41, 5.74) is 0. The van der Waals surface area contributed by atoms with Gasteiger partial charge in [-0.2, -0.15) is 0 Å². The van der Waals surface area contributed by atoms with Crippen LogP contribution in [0.4, 0.5) is 0 Å². The van der Waals surface area contributed by atoms with Crippen molar-refractivity contribution in [1.82, 2.24) is 5.32 Å². The Labute approximate surface area is 87.4 Å². The summed E-state index contributed by atoms with van der Waals surface area (Å²) in [4.78, 5) is 0. The minimum atomic E-state index is 0.695. The molecule has 1 N–H and O–H groups in total. The molecule has 0 saturated carbocycles. The van der Waals surface area contributed by atoms with Crippen LogP contribution < -0.4 is 5.32 Å². The van der Waals surface area contributed by atoms with Gasteiger partial charge in [0.15, 0.2) is 0 Å². The van der Waals surface area contributed by atoms with Crippen molar-refractivity contribution < 1.29 is 4.74 Å². The van der Waals surface area contributed by atoms with Gasteiger partial charge in [-0.15, -0.1) is 11.8 Å². The lowest BCUT2D eigenvalue weighted by Crippen LogP contribution is -2.34. The van der Waals surface area contributed by atoms with E-state index in [1.54, 1.807) is 0 Å². The second-order valence-electron chi connectivity index (χ2n) is 3.72. The Bertz CT molecular complexity index is 186. The first kappa shape index (κ1) is 11.6. The second kappa shape index (κ2) is 7.84. The van der Waals surface area contributed by atoms with Crippen molar-refractivity contribution >= 4 is 0 Å². The predicted octanol–water partition coefficient (Wildman–Crippen LogP) is 1.95. The van der Waals surface area contributed by atoms with E-state index in [2.05, 4.69) is 17.2 Å². The number of rotatable bonds is 5. The van der Waals surface area contributed by atoms with E-state index in [1.165, 1.54) is 25.8 Å². The third-order valence-electron chi connectivity index (χ3n) is 2.57. The highest BCUT2D eigenvalue weighted by molar-refractivity contribution is 4.94. The third-order valence-corrected chi connectivity index (χ3v) is 2.57. The monoisotopic (exact) mass is 195 g/mol. The minimum Gasteiger partial charge on any atom is -0.380 e. The molecule has 2 heteroatoms. The predicted molar refractivity (Wildman–Crippen MR) is 59.1 cm³/mol. The molecular weight excluding hydrogens is 174 g/mol. The van der Waals surface area contributed by atoms with Crippen LogP contribution in [0.15, 0.2) is 0 Å². The SMILES string of the molecule is CC#CCCOCCC1CCCCN1. The standard InChI is InChI=1S/C12H21NO/c1-2-3-6-10-14-11-8-12-7-4-5-9-13-12/h12-13H,4-11H2,1H3. The van der Waals surface area contributed by atoms with Gasteiger partial charge in [0, 0.05) is 19.1 Å². The molecule has 0 radical (unpaired) electrons. The van der Waals surface area contributed by atoms with Gasteiger partial charge in [-0.05, 0) is 32.7 Å². The molecule has 0 aliphatic carbocycles. The van der Waals surface area contributed by atoms with Crippen LogP contribution in [0.3, 0.4) is 0 Å². The van der Waals surface area contributed by atoms with Crippen LogP contribution in [0.5, 0.6) is 0 Å². The maximum Gasteiger partial charge on any atom is 0.0575 e. The molecule has 1 unspecified atom stereocenters. The summed E-state index contributed by atoms with van der Waals surface area (Å²) >= 11 is 0. The van der Waals surface area contributed by atoms with Crippen LogP contribution in [0.25, 0.3) is 0 Å². The average Bonchev–Trinajstić information content (AvgIpc) is 2.25. The summed E-state index contributed by atoms with van der Waals surface area (Å²) in [5.74, 6) is 5.86. The zero-order valence-electron chi connectivity index (χ0n) is 9.14. The molecule has 0 amide bonds. The Hall–Kier alpha value is -0.520. The van der Waals surface area contributed by atoms with Gasteiger partial charge in [0.1, 0.15) is 0 Å². The van der Waals surface area contributed by atoms with Gasteiger partial charge in [0.05, 0.1) is 6.61 Å².